The van der Waals surface area contributed by atoms with E-state index in [1.54, 1.807) is 0 Å². The lowest BCUT2D eigenvalue weighted by Gasteiger charge is -2.10. The van der Waals surface area contributed by atoms with E-state index >= 15 is 0 Å². The van der Waals surface area contributed by atoms with Crippen molar-refractivity contribution in [3.8, 4) is 23.2 Å². The molecule has 9 heteroatoms. The van der Waals surface area contributed by atoms with E-state index in [0.717, 1.165) is 22.8 Å². The summed E-state index contributed by atoms with van der Waals surface area (Å²) in [6.07, 6.45) is -3.51. The monoisotopic (exact) mass is 403 g/mol. The van der Waals surface area contributed by atoms with E-state index in [1.165, 1.54) is 6.20 Å². The number of ether oxygens (including phenoxy) is 1. The molecule has 0 saturated heterocycles. The number of alkyl halides is 3. The van der Waals surface area contributed by atoms with Gasteiger partial charge in [0.05, 0.1) is 11.8 Å². The first-order chi connectivity index (χ1) is 13.7. The van der Waals surface area contributed by atoms with Gasteiger partial charge in [-0.25, -0.2) is 14.4 Å². The third-order valence-corrected chi connectivity index (χ3v) is 4.05. The van der Waals surface area contributed by atoms with Gasteiger partial charge in [0.1, 0.15) is 17.1 Å². The highest BCUT2D eigenvalue weighted by Crippen LogP contribution is 2.34. The van der Waals surface area contributed by atoms with Crippen molar-refractivity contribution in [2.45, 2.75) is 20.0 Å². The highest BCUT2D eigenvalue weighted by atomic mass is 19.4. The summed E-state index contributed by atoms with van der Waals surface area (Å²) in [5.41, 5.74) is 1.87. The molecular formula is C20H13F4N3O2. The molecule has 4 aromatic rings. The zero-order valence-electron chi connectivity index (χ0n) is 15.2. The average molecular weight is 403 g/mol. The standard InChI is InChI=1S/C20H13F4N3O2/c1-10-5-11(2)7-12(6-10)17-26-16-9-25-19(27-18(16)29-17)28-13-3-4-15(21)14(8-13)20(22,23)24/h3-9H,1-2H3. The molecule has 2 aromatic carbocycles. The Morgan fingerprint density at radius 2 is 1.69 bits per heavy atom. The summed E-state index contributed by atoms with van der Waals surface area (Å²) in [4.78, 5) is 12.3. The molecule has 0 saturated carbocycles. The second-order valence-corrected chi connectivity index (χ2v) is 6.48. The molecule has 0 unspecified atom stereocenters. The number of oxazole rings is 1. The Morgan fingerprint density at radius 3 is 2.38 bits per heavy atom. The number of rotatable bonds is 3. The Hall–Kier alpha value is -3.49. The largest absolute Gasteiger partial charge is 0.424 e. The molecule has 0 amide bonds. The van der Waals surface area contributed by atoms with Gasteiger partial charge in [0.25, 0.3) is 5.71 Å². The Morgan fingerprint density at radius 1 is 0.966 bits per heavy atom. The zero-order valence-corrected chi connectivity index (χ0v) is 15.2. The van der Waals surface area contributed by atoms with Crippen LogP contribution in [0.1, 0.15) is 16.7 Å². The van der Waals surface area contributed by atoms with Gasteiger partial charge in [-0.3, -0.25) is 0 Å². The van der Waals surface area contributed by atoms with Crippen LogP contribution in [0.2, 0.25) is 0 Å². The normalized spacial score (nSPS) is 11.8. The molecule has 4 rings (SSSR count). The van der Waals surface area contributed by atoms with Crippen LogP contribution >= 0.6 is 0 Å². The van der Waals surface area contributed by atoms with Gasteiger partial charge in [0.15, 0.2) is 0 Å². The molecule has 0 bridgehead atoms. The van der Waals surface area contributed by atoms with Gasteiger partial charge in [-0.15, -0.1) is 0 Å². The van der Waals surface area contributed by atoms with E-state index in [4.69, 9.17) is 9.15 Å². The van der Waals surface area contributed by atoms with Gasteiger partial charge in [-0.05, 0) is 44.2 Å². The summed E-state index contributed by atoms with van der Waals surface area (Å²) in [5.74, 6) is -1.32. The van der Waals surface area contributed by atoms with Crippen LogP contribution in [-0.2, 0) is 6.18 Å². The molecule has 2 heterocycles. The SMILES string of the molecule is Cc1cc(C)cc(-c2nc3cnc(Oc4ccc(F)c(C(F)(F)F)c4)nc3o2)c1. The lowest BCUT2D eigenvalue weighted by atomic mass is 10.1. The highest BCUT2D eigenvalue weighted by Gasteiger charge is 2.34. The maximum atomic E-state index is 13.4. The summed E-state index contributed by atoms with van der Waals surface area (Å²) in [6, 6.07) is 7.84. The predicted molar refractivity (Wildman–Crippen MR) is 96.0 cm³/mol. The van der Waals surface area contributed by atoms with Gasteiger partial charge in [-0.2, -0.15) is 18.2 Å². The average Bonchev–Trinajstić information content (AvgIpc) is 3.05. The maximum Gasteiger partial charge on any atom is 0.419 e. The first-order valence-electron chi connectivity index (χ1n) is 8.46. The fourth-order valence-electron chi connectivity index (χ4n) is 2.88. The Balaban J connectivity index is 1.66. The molecule has 2 aromatic heterocycles. The minimum Gasteiger partial charge on any atom is -0.424 e. The lowest BCUT2D eigenvalue weighted by Crippen LogP contribution is -2.08. The highest BCUT2D eigenvalue weighted by molar-refractivity contribution is 5.72. The van der Waals surface area contributed by atoms with Gasteiger partial charge in [0.2, 0.25) is 5.89 Å². The lowest BCUT2D eigenvalue weighted by molar-refractivity contribution is -0.140. The number of halogens is 4. The van der Waals surface area contributed by atoms with Crippen molar-refractivity contribution in [1.82, 2.24) is 15.0 Å². The summed E-state index contributed by atoms with van der Waals surface area (Å²) >= 11 is 0. The fraction of sp³-hybridized carbons (Fsp3) is 0.150. The van der Waals surface area contributed by atoms with Crippen LogP contribution in [-0.4, -0.2) is 15.0 Å². The predicted octanol–water partition coefficient (Wildman–Crippen LogP) is 5.85. The number of benzene rings is 2. The number of fused-ring (bicyclic) bond motifs is 1. The van der Waals surface area contributed by atoms with Crippen molar-refractivity contribution < 1.29 is 26.7 Å². The van der Waals surface area contributed by atoms with E-state index in [0.29, 0.717) is 23.5 Å². The van der Waals surface area contributed by atoms with Gasteiger partial charge in [-0.1, -0.05) is 17.2 Å². The van der Waals surface area contributed by atoms with Crippen molar-refractivity contribution >= 4 is 11.2 Å². The molecule has 0 radical (unpaired) electrons. The molecule has 29 heavy (non-hydrogen) atoms. The third-order valence-electron chi connectivity index (χ3n) is 4.05. The van der Waals surface area contributed by atoms with E-state index in [9.17, 15) is 17.6 Å². The molecular weight excluding hydrogens is 390 g/mol. The zero-order chi connectivity index (χ0) is 20.8. The quantitative estimate of drug-likeness (QED) is 0.402. The van der Waals surface area contributed by atoms with Crippen LogP contribution in [0.15, 0.2) is 47.0 Å². The fourth-order valence-corrected chi connectivity index (χ4v) is 2.88. The summed E-state index contributed by atoms with van der Waals surface area (Å²) in [7, 11) is 0. The molecule has 148 valence electrons. The molecule has 5 nitrogen and oxygen atoms in total. The van der Waals surface area contributed by atoms with Gasteiger partial charge >= 0.3 is 12.2 Å². The minimum atomic E-state index is -4.85. The van der Waals surface area contributed by atoms with Crippen LogP contribution in [0.4, 0.5) is 17.6 Å². The smallest absolute Gasteiger partial charge is 0.419 e. The number of nitrogens with zero attached hydrogens (tertiary/aromatic N) is 3. The molecule has 0 fully saturated rings. The summed E-state index contributed by atoms with van der Waals surface area (Å²) in [5, 5.41) is 0. The number of aromatic nitrogens is 3. The van der Waals surface area contributed by atoms with Crippen LogP contribution in [0, 0.1) is 19.7 Å². The Bertz CT molecular complexity index is 1200. The van der Waals surface area contributed by atoms with Crippen molar-refractivity contribution in [2.24, 2.45) is 0 Å². The third kappa shape index (κ3) is 3.89. The molecule has 0 aliphatic carbocycles. The van der Waals surface area contributed by atoms with E-state index in [1.807, 2.05) is 32.0 Å². The summed E-state index contributed by atoms with van der Waals surface area (Å²) < 4.78 is 62.9. The molecule has 0 aliphatic rings. The maximum absolute atomic E-state index is 13.4. The van der Waals surface area contributed by atoms with Crippen molar-refractivity contribution in [2.75, 3.05) is 0 Å². The van der Waals surface area contributed by atoms with E-state index in [2.05, 4.69) is 15.0 Å². The van der Waals surface area contributed by atoms with Crippen LogP contribution in [0.25, 0.3) is 22.7 Å². The number of hydrogen-bond donors (Lipinski definition) is 0. The Kier molecular flexibility index (Phi) is 4.45. The first kappa shape index (κ1) is 18.9. The van der Waals surface area contributed by atoms with Crippen LogP contribution in [0.5, 0.6) is 11.8 Å². The first-order valence-corrected chi connectivity index (χ1v) is 8.46. The van der Waals surface area contributed by atoms with Gasteiger partial charge < -0.3 is 9.15 Å². The topological polar surface area (TPSA) is 61.0 Å². The number of aryl methyl sites for hydroxylation is 2. The molecule has 0 aliphatic heterocycles. The second kappa shape index (κ2) is 6.84. The summed E-state index contributed by atoms with van der Waals surface area (Å²) in [6.45, 7) is 3.89. The van der Waals surface area contributed by atoms with Crippen LogP contribution < -0.4 is 4.74 Å². The van der Waals surface area contributed by atoms with Crippen LogP contribution in [0.3, 0.4) is 0 Å². The van der Waals surface area contributed by atoms with Gasteiger partial charge in [0, 0.05) is 5.56 Å². The van der Waals surface area contributed by atoms with Crippen molar-refractivity contribution in [3.05, 3.63) is 65.1 Å². The van der Waals surface area contributed by atoms with E-state index in [-0.39, 0.29) is 17.5 Å². The molecule has 0 atom stereocenters. The second-order valence-electron chi connectivity index (χ2n) is 6.48. The molecule has 0 N–H and O–H groups in total. The van der Waals surface area contributed by atoms with E-state index < -0.39 is 17.6 Å². The molecule has 0 spiro atoms. The van der Waals surface area contributed by atoms with Crippen molar-refractivity contribution in [3.63, 3.8) is 0 Å². The number of hydrogen-bond acceptors (Lipinski definition) is 5. The minimum absolute atomic E-state index is 0.113. The Labute approximate surface area is 162 Å². The van der Waals surface area contributed by atoms with Crippen molar-refractivity contribution in [1.29, 1.82) is 0 Å².